The highest BCUT2D eigenvalue weighted by Crippen LogP contribution is 2.37. The zero-order valence-corrected chi connectivity index (χ0v) is 17.4. The Hall–Kier alpha value is -2.36. The van der Waals surface area contributed by atoms with Gasteiger partial charge in [0, 0.05) is 11.8 Å². The lowest BCUT2D eigenvalue weighted by Gasteiger charge is -2.45. The molecule has 0 unspecified atom stereocenters. The summed E-state index contributed by atoms with van der Waals surface area (Å²) in [6.07, 6.45) is -5.33. The van der Waals surface area contributed by atoms with Gasteiger partial charge in [0.2, 0.25) is 5.79 Å². The Bertz CT molecular complexity index is 1090. The molecule has 1 saturated heterocycles. The largest absolute Gasteiger partial charge is 0.394 e. The number of hydrogen-bond donors (Lipinski definition) is 5. The molecule has 0 bridgehead atoms. The third kappa shape index (κ3) is 4.49. The number of hydrogen-bond acceptors (Lipinski definition) is 9. The highest BCUT2D eigenvalue weighted by molar-refractivity contribution is 7.90. The molecule has 1 aliphatic rings. The van der Waals surface area contributed by atoms with Crippen LogP contribution in [-0.4, -0.2) is 71.2 Å². The van der Waals surface area contributed by atoms with Gasteiger partial charge < -0.3 is 30.3 Å². The fourth-order valence-electron chi connectivity index (χ4n) is 3.54. The van der Waals surface area contributed by atoms with Crippen LogP contribution in [-0.2, 0) is 26.8 Å². The lowest BCUT2D eigenvalue weighted by atomic mass is 9.86. The summed E-state index contributed by atoms with van der Waals surface area (Å²) in [6.45, 7) is -0.705. The first-order valence-electron chi connectivity index (χ1n) is 9.39. The molecule has 0 aliphatic carbocycles. The first-order valence-corrected chi connectivity index (χ1v) is 11.3. The predicted molar refractivity (Wildman–Crippen MR) is 107 cm³/mol. The molecule has 1 aliphatic heterocycles. The standard InChI is InChI=1S/C21H23NO8S/c1-31(28,29)16-6-2-12(3-7-16)8-14-9-15(5-4-13(14)10-22)21(27)20(26)19(25)18(24)17(11-23)30-21/h2-7,9,17-20,23-27H,8,11H2,1H3/t17-,18-,19+,20-,21-/m1/s1. The zero-order chi connectivity index (χ0) is 23.0. The average molecular weight is 449 g/mol. The molecule has 166 valence electrons. The second kappa shape index (κ2) is 8.64. The van der Waals surface area contributed by atoms with Crippen LogP contribution in [0.25, 0.3) is 0 Å². The summed E-state index contributed by atoms with van der Waals surface area (Å²) < 4.78 is 28.6. The maximum Gasteiger partial charge on any atom is 0.222 e. The summed E-state index contributed by atoms with van der Waals surface area (Å²) in [5, 5.41) is 60.2. The van der Waals surface area contributed by atoms with Crippen molar-refractivity contribution >= 4 is 9.84 Å². The van der Waals surface area contributed by atoms with Gasteiger partial charge in [0.25, 0.3) is 0 Å². The molecule has 5 N–H and O–H groups in total. The predicted octanol–water partition coefficient (Wildman–Crippen LogP) is -0.829. The normalized spacial score (nSPS) is 28.8. The van der Waals surface area contributed by atoms with Crippen molar-refractivity contribution in [3.63, 3.8) is 0 Å². The van der Waals surface area contributed by atoms with Crippen LogP contribution in [0.2, 0.25) is 0 Å². The molecule has 10 heteroatoms. The number of sulfone groups is 1. The van der Waals surface area contributed by atoms with Gasteiger partial charge in [-0.1, -0.05) is 18.2 Å². The van der Waals surface area contributed by atoms with Crippen LogP contribution in [0, 0.1) is 11.3 Å². The molecule has 1 heterocycles. The zero-order valence-electron chi connectivity index (χ0n) is 16.6. The van der Waals surface area contributed by atoms with Crippen molar-refractivity contribution < 1.29 is 38.7 Å². The highest BCUT2D eigenvalue weighted by Gasteiger charge is 2.53. The maximum absolute atomic E-state index is 11.6. The smallest absolute Gasteiger partial charge is 0.222 e. The Kier molecular flexibility index (Phi) is 6.50. The minimum absolute atomic E-state index is 0.0196. The average Bonchev–Trinajstić information content (AvgIpc) is 2.74. The lowest BCUT2D eigenvalue weighted by Crippen LogP contribution is -2.63. The summed E-state index contributed by atoms with van der Waals surface area (Å²) in [5.74, 6) is -2.44. The van der Waals surface area contributed by atoms with E-state index in [1.165, 1.54) is 30.3 Å². The molecule has 3 rings (SSSR count). The van der Waals surface area contributed by atoms with Crippen molar-refractivity contribution in [2.75, 3.05) is 12.9 Å². The number of ether oxygens (including phenoxy) is 1. The number of aliphatic hydroxyl groups excluding tert-OH is 4. The summed E-state index contributed by atoms with van der Waals surface area (Å²) in [7, 11) is -3.35. The monoisotopic (exact) mass is 449 g/mol. The van der Waals surface area contributed by atoms with Gasteiger partial charge in [-0.05, 0) is 41.8 Å². The third-order valence-electron chi connectivity index (χ3n) is 5.35. The van der Waals surface area contributed by atoms with Crippen molar-refractivity contribution in [1.82, 2.24) is 0 Å². The Morgan fingerprint density at radius 3 is 2.29 bits per heavy atom. The Labute approximate surface area is 179 Å². The van der Waals surface area contributed by atoms with Gasteiger partial charge in [-0.3, -0.25) is 0 Å². The number of aliphatic hydroxyl groups is 5. The minimum Gasteiger partial charge on any atom is -0.394 e. The van der Waals surface area contributed by atoms with Crippen molar-refractivity contribution in [1.29, 1.82) is 5.26 Å². The summed E-state index contributed by atoms with van der Waals surface area (Å²) >= 11 is 0. The van der Waals surface area contributed by atoms with E-state index in [0.29, 0.717) is 11.1 Å². The first-order chi connectivity index (χ1) is 14.5. The van der Waals surface area contributed by atoms with Crippen LogP contribution < -0.4 is 0 Å². The van der Waals surface area contributed by atoms with E-state index in [2.05, 4.69) is 0 Å². The molecule has 0 saturated carbocycles. The van der Waals surface area contributed by atoms with Gasteiger partial charge in [0.05, 0.1) is 23.1 Å². The molecule has 2 aromatic rings. The topological polar surface area (TPSA) is 168 Å². The fraction of sp³-hybridized carbons (Fsp3) is 0.381. The Balaban J connectivity index is 1.98. The second-order valence-electron chi connectivity index (χ2n) is 7.54. The highest BCUT2D eigenvalue weighted by atomic mass is 32.2. The molecule has 9 nitrogen and oxygen atoms in total. The maximum atomic E-state index is 11.6. The number of benzene rings is 2. The van der Waals surface area contributed by atoms with E-state index in [-0.39, 0.29) is 22.4 Å². The lowest BCUT2D eigenvalue weighted by molar-refractivity contribution is -0.357. The summed E-state index contributed by atoms with van der Waals surface area (Å²) in [6, 6.07) is 12.3. The quantitative estimate of drug-likeness (QED) is 0.391. The molecule has 0 aromatic heterocycles. The van der Waals surface area contributed by atoms with E-state index in [1.54, 1.807) is 12.1 Å². The van der Waals surface area contributed by atoms with Crippen LogP contribution in [0.1, 0.15) is 22.3 Å². The van der Waals surface area contributed by atoms with Gasteiger partial charge in [-0.25, -0.2) is 8.42 Å². The van der Waals surface area contributed by atoms with Crippen LogP contribution >= 0.6 is 0 Å². The summed E-state index contributed by atoms with van der Waals surface area (Å²) in [4.78, 5) is 0.154. The SMILES string of the molecule is CS(=O)(=O)c1ccc(Cc2cc([C@@]3(O)O[C@H](CO)[C@@H](O)[C@H](O)[C@H]3O)ccc2C#N)cc1. The summed E-state index contributed by atoms with van der Waals surface area (Å²) in [5.41, 5.74) is 1.45. The van der Waals surface area contributed by atoms with Crippen LogP contribution in [0.5, 0.6) is 0 Å². The second-order valence-corrected chi connectivity index (χ2v) is 9.55. The van der Waals surface area contributed by atoms with Crippen LogP contribution in [0.3, 0.4) is 0 Å². The van der Waals surface area contributed by atoms with E-state index in [9.17, 15) is 39.2 Å². The molecule has 0 radical (unpaired) electrons. The van der Waals surface area contributed by atoms with Gasteiger partial charge in [-0.2, -0.15) is 5.26 Å². The Morgan fingerprint density at radius 2 is 1.74 bits per heavy atom. The number of rotatable bonds is 5. The molecule has 5 atom stereocenters. The van der Waals surface area contributed by atoms with Gasteiger partial charge in [0.1, 0.15) is 24.4 Å². The van der Waals surface area contributed by atoms with Gasteiger partial charge >= 0.3 is 0 Å². The van der Waals surface area contributed by atoms with E-state index in [1.807, 2.05) is 6.07 Å². The number of nitrogens with zero attached hydrogens (tertiary/aromatic N) is 1. The molecular weight excluding hydrogens is 426 g/mol. The minimum atomic E-state index is -3.35. The van der Waals surface area contributed by atoms with E-state index in [0.717, 1.165) is 6.26 Å². The fourth-order valence-corrected chi connectivity index (χ4v) is 4.17. The first kappa shape index (κ1) is 23.3. The van der Waals surface area contributed by atoms with E-state index in [4.69, 9.17) is 4.74 Å². The van der Waals surface area contributed by atoms with Gasteiger partial charge in [0.15, 0.2) is 9.84 Å². The molecular formula is C21H23NO8S. The molecule has 0 amide bonds. The van der Waals surface area contributed by atoms with Crippen molar-refractivity contribution in [2.24, 2.45) is 0 Å². The molecule has 0 spiro atoms. The Morgan fingerprint density at radius 1 is 1.10 bits per heavy atom. The van der Waals surface area contributed by atoms with Crippen molar-refractivity contribution in [3.8, 4) is 6.07 Å². The van der Waals surface area contributed by atoms with Crippen LogP contribution in [0.15, 0.2) is 47.4 Å². The number of nitriles is 1. The van der Waals surface area contributed by atoms with E-state index < -0.39 is 46.6 Å². The molecule has 1 fully saturated rings. The van der Waals surface area contributed by atoms with Crippen LogP contribution in [0.4, 0.5) is 0 Å². The van der Waals surface area contributed by atoms with Crippen molar-refractivity contribution in [3.05, 3.63) is 64.7 Å². The van der Waals surface area contributed by atoms with Gasteiger partial charge in [-0.15, -0.1) is 0 Å². The molecule has 2 aromatic carbocycles. The van der Waals surface area contributed by atoms with Crippen molar-refractivity contribution in [2.45, 2.75) is 41.5 Å². The van der Waals surface area contributed by atoms with E-state index >= 15 is 0 Å². The molecule has 31 heavy (non-hydrogen) atoms. The third-order valence-corrected chi connectivity index (χ3v) is 6.48.